The zero-order valence-corrected chi connectivity index (χ0v) is 5.19. The molecular weight excluding hydrogens is 131 g/mol. The average Bonchev–Trinajstić information content (AvgIpc) is 1.83. The van der Waals surface area contributed by atoms with Crippen molar-refractivity contribution in [1.29, 1.82) is 0 Å². The molecule has 0 fully saturated rings. The summed E-state index contributed by atoms with van der Waals surface area (Å²) in [6, 6.07) is 0. The standard InChI is InChI=1S/C4H6ClFN2/c1-2-3-7-4(5)8-6/h3H,2H2,1H3/b7-3-,8-4-. The predicted octanol–water partition coefficient (Wildman–Crippen LogP) is 1.95. The van der Waals surface area contributed by atoms with Gasteiger partial charge in [-0.1, -0.05) is 16.6 Å². The lowest BCUT2D eigenvalue weighted by Crippen LogP contribution is -1.77. The summed E-state index contributed by atoms with van der Waals surface area (Å²) < 4.78 is 11.1. The first-order valence-corrected chi connectivity index (χ1v) is 2.56. The SMILES string of the molecule is CC/C=N\C(Cl)=N/F. The van der Waals surface area contributed by atoms with Crippen LogP contribution in [0.1, 0.15) is 13.3 Å². The molecule has 0 aliphatic rings. The minimum Gasteiger partial charge on any atom is -0.229 e. The fourth-order valence-corrected chi connectivity index (χ4v) is 0.257. The number of aliphatic imine (C=N–C) groups is 1. The maximum Gasteiger partial charge on any atom is 0.253 e. The molecule has 0 saturated heterocycles. The van der Waals surface area contributed by atoms with Gasteiger partial charge in [0.1, 0.15) is 0 Å². The minimum atomic E-state index is -0.355. The molecule has 0 amide bonds. The number of halogens is 2. The smallest absolute Gasteiger partial charge is 0.229 e. The lowest BCUT2D eigenvalue weighted by Gasteiger charge is -1.77. The Balaban J connectivity index is 3.53. The van der Waals surface area contributed by atoms with Gasteiger partial charge in [-0.15, -0.1) is 0 Å². The Kier molecular flexibility index (Phi) is 4.45. The van der Waals surface area contributed by atoms with Crippen LogP contribution in [0.4, 0.5) is 4.48 Å². The van der Waals surface area contributed by atoms with Gasteiger partial charge in [-0.3, -0.25) is 0 Å². The van der Waals surface area contributed by atoms with E-state index in [1.165, 1.54) is 6.21 Å². The van der Waals surface area contributed by atoms with Crippen LogP contribution in [0, 0.1) is 0 Å². The third-order valence-electron chi connectivity index (χ3n) is 0.450. The average molecular weight is 137 g/mol. The van der Waals surface area contributed by atoms with Gasteiger partial charge in [-0.2, -0.15) is 0 Å². The molecule has 0 bridgehead atoms. The van der Waals surface area contributed by atoms with Crippen molar-refractivity contribution < 1.29 is 4.48 Å². The monoisotopic (exact) mass is 136 g/mol. The molecule has 0 heterocycles. The van der Waals surface area contributed by atoms with Crippen LogP contribution < -0.4 is 0 Å². The van der Waals surface area contributed by atoms with Crippen molar-refractivity contribution in [2.45, 2.75) is 13.3 Å². The van der Waals surface area contributed by atoms with Crippen molar-refractivity contribution in [2.75, 3.05) is 0 Å². The van der Waals surface area contributed by atoms with E-state index in [-0.39, 0.29) is 5.29 Å². The molecule has 0 atom stereocenters. The maximum atomic E-state index is 11.1. The van der Waals surface area contributed by atoms with Crippen molar-refractivity contribution >= 4 is 23.1 Å². The molecule has 0 aliphatic heterocycles. The zero-order valence-electron chi connectivity index (χ0n) is 4.43. The number of hydrogen-bond acceptors (Lipinski definition) is 1. The summed E-state index contributed by atoms with van der Waals surface area (Å²) >= 11 is 5.02. The van der Waals surface area contributed by atoms with Crippen LogP contribution in [0.2, 0.25) is 0 Å². The van der Waals surface area contributed by atoms with Gasteiger partial charge >= 0.3 is 0 Å². The second-order valence-corrected chi connectivity index (χ2v) is 1.41. The topological polar surface area (TPSA) is 24.7 Å². The van der Waals surface area contributed by atoms with E-state index in [1.54, 1.807) is 0 Å². The molecule has 0 rings (SSSR count). The molecule has 8 heavy (non-hydrogen) atoms. The highest BCUT2D eigenvalue weighted by molar-refractivity contribution is 6.65. The van der Waals surface area contributed by atoms with E-state index < -0.39 is 0 Å². The summed E-state index contributed by atoms with van der Waals surface area (Å²) in [6.45, 7) is 1.87. The molecule has 46 valence electrons. The summed E-state index contributed by atoms with van der Waals surface area (Å²) in [5.41, 5.74) is 0. The Morgan fingerprint density at radius 2 is 2.50 bits per heavy atom. The molecule has 0 unspecified atom stereocenters. The Morgan fingerprint density at radius 3 is 2.88 bits per heavy atom. The van der Waals surface area contributed by atoms with Crippen molar-refractivity contribution in [3.05, 3.63) is 0 Å². The van der Waals surface area contributed by atoms with E-state index in [1.807, 2.05) is 6.92 Å². The van der Waals surface area contributed by atoms with E-state index in [0.29, 0.717) is 0 Å². The number of nitrogens with zero attached hydrogens (tertiary/aromatic N) is 2. The third kappa shape index (κ3) is 3.74. The van der Waals surface area contributed by atoms with Crippen molar-refractivity contribution in [1.82, 2.24) is 0 Å². The van der Waals surface area contributed by atoms with E-state index in [9.17, 15) is 4.48 Å². The van der Waals surface area contributed by atoms with Gasteiger partial charge in [0.05, 0.1) is 0 Å². The first-order valence-electron chi connectivity index (χ1n) is 2.18. The molecule has 4 heteroatoms. The van der Waals surface area contributed by atoms with Gasteiger partial charge in [-0.25, -0.2) is 4.99 Å². The highest BCUT2D eigenvalue weighted by atomic mass is 35.5. The predicted molar refractivity (Wildman–Crippen MR) is 33.2 cm³/mol. The molecule has 0 aromatic carbocycles. The molecule has 0 aromatic rings. The quantitative estimate of drug-likeness (QED) is 0.299. The van der Waals surface area contributed by atoms with E-state index in [4.69, 9.17) is 11.6 Å². The zero-order chi connectivity index (χ0) is 6.41. The van der Waals surface area contributed by atoms with Crippen molar-refractivity contribution in [3.8, 4) is 0 Å². The Bertz CT molecular complexity index is 111. The van der Waals surface area contributed by atoms with Crippen molar-refractivity contribution in [2.24, 2.45) is 10.2 Å². The number of amidine groups is 1. The van der Waals surface area contributed by atoms with Gasteiger partial charge < -0.3 is 0 Å². The van der Waals surface area contributed by atoms with Gasteiger partial charge in [0.2, 0.25) is 0 Å². The van der Waals surface area contributed by atoms with Crippen molar-refractivity contribution in [3.63, 3.8) is 0 Å². The Morgan fingerprint density at radius 1 is 1.88 bits per heavy atom. The van der Waals surface area contributed by atoms with E-state index >= 15 is 0 Å². The van der Waals surface area contributed by atoms with Gasteiger partial charge in [0, 0.05) is 6.21 Å². The summed E-state index contributed by atoms with van der Waals surface area (Å²) in [7, 11) is 0. The van der Waals surface area contributed by atoms with Crippen LogP contribution in [-0.4, -0.2) is 11.5 Å². The normalized spacial score (nSPS) is 13.1. The van der Waals surface area contributed by atoms with Crippen LogP contribution in [0.3, 0.4) is 0 Å². The second-order valence-electron chi connectivity index (χ2n) is 1.07. The van der Waals surface area contributed by atoms with Crippen LogP contribution in [-0.2, 0) is 0 Å². The third-order valence-corrected chi connectivity index (χ3v) is 0.612. The highest BCUT2D eigenvalue weighted by Gasteiger charge is 1.81. The number of rotatable bonds is 1. The second kappa shape index (κ2) is 4.71. The fourth-order valence-electron chi connectivity index (χ4n) is 0.188. The van der Waals surface area contributed by atoms with E-state index in [2.05, 4.69) is 10.2 Å². The van der Waals surface area contributed by atoms with Gasteiger partial charge in [-0.05, 0) is 18.0 Å². The summed E-state index contributed by atoms with van der Waals surface area (Å²) in [5, 5.41) is 1.76. The largest absolute Gasteiger partial charge is 0.253 e. The molecule has 0 spiro atoms. The highest BCUT2D eigenvalue weighted by Crippen LogP contribution is 1.87. The van der Waals surface area contributed by atoms with Crippen LogP contribution in [0.15, 0.2) is 10.2 Å². The Hall–Kier alpha value is -0.440. The molecule has 2 nitrogen and oxygen atoms in total. The summed E-state index contributed by atoms with van der Waals surface area (Å²) in [6.07, 6.45) is 2.21. The van der Waals surface area contributed by atoms with Crippen LogP contribution in [0.25, 0.3) is 0 Å². The van der Waals surface area contributed by atoms with Crippen LogP contribution in [0.5, 0.6) is 0 Å². The first-order chi connectivity index (χ1) is 3.81. The Labute approximate surface area is 52.0 Å². The maximum absolute atomic E-state index is 11.1. The minimum absolute atomic E-state index is 0.355. The lowest BCUT2D eigenvalue weighted by atomic mass is 10.5. The van der Waals surface area contributed by atoms with Crippen LogP contribution >= 0.6 is 11.6 Å². The lowest BCUT2D eigenvalue weighted by molar-refractivity contribution is 0.538. The first kappa shape index (κ1) is 7.56. The molecule has 0 radical (unpaired) electrons. The van der Waals surface area contributed by atoms with E-state index in [0.717, 1.165) is 6.42 Å². The van der Waals surface area contributed by atoms with Gasteiger partial charge in [0.15, 0.2) is 0 Å². The molecule has 0 aromatic heterocycles. The summed E-state index contributed by atoms with van der Waals surface area (Å²) in [5.74, 6) is 0. The number of hydrogen-bond donors (Lipinski definition) is 0. The van der Waals surface area contributed by atoms with Gasteiger partial charge in [0.25, 0.3) is 5.29 Å². The molecule has 0 aliphatic carbocycles. The molecule has 0 saturated carbocycles. The fraction of sp³-hybridized carbons (Fsp3) is 0.500. The molecular formula is C4H6ClFN2. The summed E-state index contributed by atoms with van der Waals surface area (Å²) in [4.78, 5) is 3.38. The molecule has 0 N–H and O–H groups in total.